The number of rotatable bonds is 4. The third kappa shape index (κ3) is 3.08. The van der Waals surface area contributed by atoms with Crippen molar-refractivity contribution in [1.82, 2.24) is 9.78 Å². The summed E-state index contributed by atoms with van der Waals surface area (Å²) in [5.41, 5.74) is 3.53. The number of hydrogen-bond donors (Lipinski definition) is 0. The van der Waals surface area contributed by atoms with Crippen LogP contribution in [0.15, 0.2) is 35.1 Å². The first-order chi connectivity index (χ1) is 10.5. The fourth-order valence-corrected chi connectivity index (χ4v) is 2.47. The lowest BCUT2D eigenvalue weighted by Crippen LogP contribution is -2.32. The highest BCUT2D eigenvalue weighted by atomic mass is 16.5. The van der Waals surface area contributed by atoms with Crippen LogP contribution in [0.25, 0.3) is 11.3 Å². The molecule has 2 rings (SSSR count). The minimum Gasteiger partial charge on any atom is -0.467 e. The van der Waals surface area contributed by atoms with Crippen LogP contribution < -0.4 is 5.56 Å². The van der Waals surface area contributed by atoms with E-state index in [1.54, 1.807) is 6.07 Å². The van der Waals surface area contributed by atoms with E-state index in [0.29, 0.717) is 12.1 Å². The summed E-state index contributed by atoms with van der Waals surface area (Å²) < 4.78 is 5.97. The number of carbonyl (C=O) groups is 1. The lowest BCUT2D eigenvalue weighted by atomic mass is 10.0. The van der Waals surface area contributed by atoms with E-state index in [2.05, 4.69) is 11.2 Å². The predicted octanol–water partition coefficient (Wildman–Crippen LogP) is 2.65. The summed E-state index contributed by atoms with van der Waals surface area (Å²) in [6.45, 7) is 5.84. The van der Waals surface area contributed by atoms with Gasteiger partial charge in [0.15, 0.2) is 6.04 Å². The van der Waals surface area contributed by atoms with Crippen LogP contribution in [-0.2, 0) is 9.53 Å². The minimum absolute atomic E-state index is 0.314. The number of benzene rings is 1. The number of aryl methyl sites for hydroxylation is 2. The molecular formula is C17H20N2O3. The largest absolute Gasteiger partial charge is 0.467 e. The van der Waals surface area contributed by atoms with Gasteiger partial charge >= 0.3 is 5.97 Å². The van der Waals surface area contributed by atoms with E-state index < -0.39 is 12.0 Å². The molecule has 1 aromatic heterocycles. The molecule has 0 N–H and O–H groups in total. The van der Waals surface area contributed by atoms with Crippen LogP contribution in [0.3, 0.4) is 0 Å². The van der Waals surface area contributed by atoms with E-state index in [0.717, 1.165) is 16.7 Å². The van der Waals surface area contributed by atoms with Gasteiger partial charge in [-0.15, -0.1) is 0 Å². The predicted molar refractivity (Wildman–Crippen MR) is 84.8 cm³/mol. The van der Waals surface area contributed by atoms with Crippen molar-refractivity contribution in [2.45, 2.75) is 33.2 Å². The van der Waals surface area contributed by atoms with Crippen molar-refractivity contribution in [2.75, 3.05) is 7.11 Å². The summed E-state index contributed by atoms with van der Waals surface area (Å²) in [4.78, 5) is 23.9. The van der Waals surface area contributed by atoms with Gasteiger partial charge in [0.1, 0.15) is 0 Å². The Kier molecular flexibility index (Phi) is 4.75. The van der Waals surface area contributed by atoms with Crippen LogP contribution in [0.2, 0.25) is 0 Å². The maximum absolute atomic E-state index is 12.1. The number of methoxy groups -OCH3 is 1. The second-order valence-corrected chi connectivity index (χ2v) is 5.27. The van der Waals surface area contributed by atoms with Gasteiger partial charge in [-0.1, -0.05) is 30.7 Å². The summed E-state index contributed by atoms with van der Waals surface area (Å²) >= 11 is 0. The Morgan fingerprint density at radius 2 is 2.00 bits per heavy atom. The molecule has 0 bridgehead atoms. The lowest BCUT2D eigenvalue weighted by Gasteiger charge is -2.16. The summed E-state index contributed by atoms with van der Waals surface area (Å²) in [6, 6.07) is 8.44. The molecule has 1 atom stereocenters. The van der Waals surface area contributed by atoms with Gasteiger partial charge in [-0.3, -0.25) is 4.79 Å². The molecule has 0 aliphatic carbocycles. The molecule has 5 heteroatoms. The highest BCUT2D eigenvalue weighted by Crippen LogP contribution is 2.22. The van der Waals surface area contributed by atoms with Gasteiger partial charge < -0.3 is 4.74 Å². The Hall–Kier alpha value is -2.43. The van der Waals surface area contributed by atoms with E-state index in [9.17, 15) is 9.59 Å². The number of aromatic nitrogens is 2. The molecule has 5 nitrogen and oxygen atoms in total. The zero-order valence-electron chi connectivity index (χ0n) is 13.3. The topological polar surface area (TPSA) is 61.2 Å². The van der Waals surface area contributed by atoms with Crippen LogP contribution in [0.1, 0.15) is 30.5 Å². The second-order valence-electron chi connectivity index (χ2n) is 5.27. The average Bonchev–Trinajstić information content (AvgIpc) is 2.50. The molecule has 0 radical (unpaired) electrons. The first kappa shape index (κ1) is 15.9. The number of carbonyl (C=O) groups excluding carboxylic acids is 1. The molecule has 1 aromatic carbocycles. The van der Waals surface area contributed by atoms with Crippen molar-refractivity contribution in [3.8, 4) is 11.3 Å². The van der Waals surface area contributed by atoms with E-state index in [4.69, 9.17) is 4.74 Å². The molecule has 2 aromatic rings. The van der Waals surface area contributed by atoms with Gasteiger partial charge in [-0.05, 0) is 31.9 Å². The molecule has 1 heterocycles. The first-order valence-corrected chi connectivity index (χ1v) is 7.23. The minimum atomic E-state index is -0.705. The highest BCUT2D eigenvalue weighted by Gasteiger charge is 2.22. The third-order valence-corrected chi connectivity index (χ3v) is 3.64. The molecule has 0 saturated heterocycles. The Bertz CT molecular complexity index is 750. The molecule has 1 unspecified atom stereocenters. The summed E-state index contributed by atoms with van der Waals surface area (Å²) in [5, 5.41) is 4.38. The summed E-state index contributed by atoms with van der Waals surface area (Å²) in [7, 11) is 1.31. The Morgan fingerprint density at radius 3 is 2.59 bits per heavy atom. The maximum atomic E-state index is 12.1. The SMILES string of the molecule is CCC(C(=O)OC)n1nc(-c2ccc(C)cc2C)ccc1=O. The molecular weight excluding hydrogens is 280 g/mol. The third-order valence-electron chi connectivity index (χ3n) is 3.64. The van der Waals surface area contributed by atoms with Gasteiger partial charge in [-0.25, -0.2) is 9.48 Å². The standard InChI is InChI=1S/C17H20N2O3/c1-5-15(17(21)22-4)19-16(20)9-8-14(18-19)13-7-6-11(2)10-12(13)3/h6-10,15H,5H2,1-4H3. The Morgan fingerprint density at radius 1 is 1.27 bits per heavy atom. The summed E-state index contributed by atoms with van der Waals surface area (Å²) in [5.74, 6) is -0.463. The summed E-state index contributed by atoms with van der Waals surface area (Å²) in [6.07, 6.45) is 0.440. The second kappa shape index (κ2) is 6.56. The number of esters is 1. The van der Waals surface area contributed by atoms with Gasteiger partial charge in [0, 0.05) is 11.6 Å². The molecule has 0 fully saturated rings. The molecule has 22 heavy (non-hydrogen) atoms. The van der Waals surface area contributed by atoms with Gasteiger partial charge in [0.25, 0.3) is 5.56 Å². The Balaban J connectivity index is 2.55. The fourth-order valence-electron chi connectivity index (χ4n) is 2.47. The quantitative estimate of drug-likeness (QED) is 0.814. The van der Waals surface area contributed by atoms with Crippen LogP contribution >= 0.6 is 0 Å². The first-order valence-electron chi connectivity index (χ1n) is 7.23. The fraction of sp³-hybridized carbons (Fsp3) is 0.353. The van der Waals surface area contributed by atoms with Crippen LogP contribution in [0, 0.1) is 13.8 Å². The van der Waals surface area contributed by atoms with Gasteiger partial charge in [-0.2, -0.15) is 5.10 Å². The van der Waals surface area contributed by atoms with Crippen molar-refractivity contribution in [3.63, 3.8) is 0 Å². The van der Waals surface area contributed by atoms with Gasteiger partial charge in [0.2, 0.25) is 0 Å². The average molecular weight is 300 g/mol. The molecule has 0 spiro atoms. The van der Waals surface area contributed by atoms with E-state index in [1.807, 2.05) is 32.9 Å². The zero-order chi connectivity index (χ0) is 16.3. The monoisotopic (exact) mass is 300 g/mol. The van der Waals surface area contributed by atoms with Crippen molar-refractivity contribution in [1.29, 1.82) is 0 Å². The van der Waals surface area contributed by atoms with Crippen LogP contribution in [-0.4, -0.2) is 22.9 Å². The Labute approximate surface area is 129 Å². The zero-order valence-corrected chi connectivity index (χ0v) is 13.3. The van der Waals surface area contributed by atoms with E-state index in [1.165, 1.54) is 17.9 Å². The number of ether oxygens (including phenoxy) is 1. The normalized spacial score (nSPS) is 12.0. The molecule has 0 amide bonds. The molecule has 0 aliphatic rings. The van der Waals surface area contributed by atoms with Crippen LogP contribution in [0.4, 0.5) is 0 Å². The van der Waals surface area contributed by atoms with Crippen molar-refractivity contribution >= 4 is 5.97 Å². The smallest absolute Gasteiger partial charge is 0.330 e. The molecule has 0 saturated carbocycles. The van der Waals surface area contributed by atoms with Crippen molar-refractivity contribution in [3.05, 3.63) is 51.8 Å². The van der Waals surface area contributed by atoms with E-state index >= 15 is 0 Å². The molecule has 116 valence electrons. The van der Waals surface area contributed by atoms with Gasteiger partial charge in [0.05, 0.1) is 12.8 Å². The highest BCUT2D eigenvalue weighted by molar-refractivity contribution is 5.74. The number of hydrogen-bond acceptors (Lipinski definition) is 4. The van der Waals surface area contributed by atoms with E-state index in [-0.39, 0.29) is 5.56 Å². The lowest BCUT2D eigenvalue weighted by molar-refractivity contribution is -0.145. The maximum Gasteiger partial charge on any atom is 0.330 e. The number of nitrogens with zero attached hydrogens (tertiary/aromatic N) is 2. The molecule has 0 aliphatic heterocycles. The van der Waals surface area contributed by atoms with Crippen molar-refractivity contribution < 1.29 is 9.53 Å². The van der Waals surface area contributed by atoms with Crippen LogP contribution in [0.5, 0.6) is 0 Å². The van der Waals surface area contributed by atoms with Crippen molar-refractivity contribution in [2.24, 2.45) is 0 Å².